The highest BCUT2D eigenvalue weighted by Crippen LogP contribution is 2.28. The average molecular weight is 425 g/mol. The number of halogens is 2. The minimum absolute atomic E-state index is 0.188. The summed E-state index contributed by atoms with van der Waals surface area (Å²) < 4.78 is 32.3. The Morgan fingerprint density at radius 3 is 2.57 bits per heavy atom. The van der Waals surface area contributed by atoms with Crippen molar-refractivity contribution in [2.24, 2.45) is 0 Å². The Morgan fingerprint density at radius 1 is 1.37 bits per heavy atom. The van der Waals surface area contributed by atoms with Gasteiger partial charge in [-0.25, -0.2) is 23.4 Å². The van der Waals surface area contributed by atoms with E-state index in [9.17, 15) is 23.7 Å². The number of carbonyl (C=O) groups is 1. The van der Waals surface area contributed by atoms with Crippen LogP contribution in [0, 0.1) is 10.1 Å². The second-order valence-electron chi connectivity index (χ2n) is 7.63. The molecule has 1 saturated heterocycles. The van der Waals surface area contributed by atoms with E-state index in [1.54, 1.807) is 25.7 Å². The number of hydrogen-bond donors (Lipinski definition) is 1. The molecule has 3 heterocycles. The molecule has 11 nitrogen and oxygen atoms in total. The Bertz CT molecular complexity index is 927. The number of nitro groups is 1. The van der Waals surface area contributed by atoms with Crippen LogP contribution in [0.4, 0.5) is 20.4 Å². The maximum absolute atomic E-state index is 13.0. The molecule has 30 heavy (non-hydrogen) atoms. The Labute approximate surface area is 170 Å². The highest BCUT2D eigenvalue weighted by atomic mass is 19.3. The molecule has 1 unspecified atom stereocenters. The molecular weight excluding hydrogens is 404 g/mol. The van der Waals surface area contributed by atoms with Gasteiger partial charge in [-0.3, -0.25) is 14.9 Å². The van der Waals surface area contributed by atoms with Crippen LogP contribution in [-0.2, 0) is 9.53 Å². The van der Waals surface area contributed by atoms with E-state index in [0.29, 0.717) is 19.0 Å². The van der Waals surface area contributed by atoms with Gasteiger partial charge in [-0.15, -0.1) is 0 Å². The molecule has 0 spiro atoms. The van der Waals surface area contributed by atoms with Gasteiger partial charge in [-0.2, -0.15) is 5.10 Å². The van der Waals surface area contributed by atoms with Crippen LogP contribution < -0.4 is 10.2 Å². The summed E-state index contributed by atoms with van der Waals surface area (Å²) in [7, 11) is 0. The third-order valence-corrected chi connectivity index (χ3v) is 4.16. The number of esters is 1. The third kappa shape index (κ3) is 4.84. The molecule has 1 atom stereocenters. The minimum Gasteiger partial charge on any atom is -0.459 e. The Kier molecular flexibility index (Phi) is 5.92. The average Bonchev–Trinajstić information content (AvgIpc) is 3.13. The van der Waals surface area contributed by atoms with Gasteiger partial charge in [0.05, 0.1) is 17.3 Å². The fourth-order valence-electron chi connectivity index (χ4n) is 2.86. The molecule has 1 N–H and O–H groups in total. The number of aromatic nitrogens is 4. The second kappa shape index (κ2) is 8.26. The number of ether oxygens (including phenoxy) is 1. The van der Waals surface area contributed by atoms with Gasteiger partial charge in [0.2, 0.25) is 11.6 Å². The van der Waals surface area contributed by atoms with Gasteiger partial charge in [0, 0.05) is 19.6 Å². The predicted octanol–water partition coefficient (Wildman–Crippen LogP) is 1.63. The van der Waals surface area contributed by atoms with Crippen LogP contribution in [-0.4, -0.2) is 61.9 Å². The lowest BCUT2D eigenvalue weighted by Crippen LogP contribution is -2.56. The van der Waals surface area contributed by atoms with Crippen LogP contribution in [0.2, 0.25) is 0 Å². The molecule has 0 aromatic carbocycles. The molecule has 1 aliphatic rings. The van der Waals surface area contributed by atoms with Crippen LogP contribution in [0.3, 0.4) is 0 Å². The van der Waals surface area contributed by atoms with Crippen molar-refractivity contribution in [3.8, 4) is 5.69 Å². The van der Waals surface area contributed by atoms with Crippen molar-refractivity contribution in [2.75, 3.05) is 24.5 Å². The van der Waals surface area contributed by atoms with E-state index in [1.807, 2.05) is 0 Å². The van der Waals surface area contributed by atoms with Crippen molar-refractivity contribution in [3.05, 3.63) is 34.4 Å². The van der Waals surface area contributed by atoms with Gasteiger partial charge in [0.25, 0.3) is 6.43 Å². The summed E-state index contributed by atoms with van der Waals surface area (Å²) in [5, 5.41) is 17.6. The fourth-order valence-corrected chi connectivity index (χ4v) is 2.86. The van der Waals surface area contributed by atoms with Crippen LogP contribution >= 0.6 is 0 Å². The summed E-state index contributed by atoms with van der Waals surface area (Å²) in [6.45, 7) is 6.70. The van der Waals surface area contributed by atoms with E-state index < -0.39 is 34.4 Å². The van der Waals surface area contributed by atoms with Gasteiger partial charge in [-0.05, 0) is 20.8 Å². The molecule has 0 bridgehead atoms. The first-order chi connectivity index (χ1) is 14.0. The smallest absolute Gasteiger partial charge is 0.325 e. The fraction of sp³-hybridized carbons (Fsp3) is 0.529. The summed E-state index contributed by atoms with van der Waals surface area (Å²) >= 11 is 0. The maximum Gasteiger partial charge on any atom is 0.325 e. The minimum atomic E-state index is -3.09. The summed E-state index contributed by atoms with van der Waals surface area (Å²) in [6.07, 6.45) is 0.443. The monoisotopic (exact) mass is 425 g/mol. The van der Waals surface area contributed by atoms with Gasteiger partial charge < -0.3 is 15.0 Å². The van der Waals surface area contributed by atoms with E-state index in [1.165, 1.54) is 12.4 Å². The largest absolute Gasteiger partial charge is 0.459 e. The van der Waals surface area contributed by atoms with Crippen LogP contribution in [0.25, 0.3) is 5.69 Å². The number of rotatable bonds is 5. The highest BCUT2D eigenvalue weighted by Gasteiger charge is 2.31. The van der Waals surface area contributed by atoms with Crippen LogP contribution in [0.5, 0.6) is 0 Å². The van der Waals surface area contributed by atoms with Crippen molar-refractivity contribution in [1.29, 1.82) is 0 Å². The number of piperazine rings is 1. The lowest BCUT2D eigenvalue weighted by Gasteiger charge is -2.33. The molecule has 13 heteroatoms. The Balaban J connectivity index is 1.75. The molecular formula is C17H21F2N7O4. The van der Waals surface area contributed by atoms with Crippen LogP contribution in [0.15, 0.2) is 18.6 Å². The zero-order valence-electron chi connectivity index (χ0n) is 16.6. The molecule has 2 aromatic rings. The SMILES string of the molecule is CC(C)(C)OC(=O)C1CN(c2ncc(-n3cc([N+](=O)[O-])c(C(F)F)n3)cn2)CCN1. The summed E-state index contributed by atoms with van der Waals surface area (Å²) in [6, 6.07) is -0.552. The van der Waals surface area contributed by atoms with Crippen molar-refractivity contribution in [2.45, 2.75) is 38.8 Å². The zero-order chi connectivity index (χ0) is 22.1. The number of carbonyl (C=O) groups excluding carboxylic acids is 1. The number of alkyl halides is 2. The lowest BCUT2D eigenvalue weighted by atomic mass is 10.1. The van der Waals surface area contributed by atoms with Gasteiger partial charge >= 0.3 is 11.7 Å². The summed E-state index contributed by atoms with van der Waals surface area (Å²) in [5.41, 5.74) is -2.13. The molecule has 0 saturated carbocycles. The van der Waals surface area contributed by atoms with E-state index in [0.717, 1.165) is 10.9 Å². The zero-order valence-corrected chi connectivity index (χ0v) is 16.6. The summed E-state index contributed by atoms with van der Waals surface area (Å²) in [5.74, 6) is -0.0586. The first kappa shape index (κ1) is 21.5. The molecule has 0 amide bonds. The normalized spacial score (nSPS) is 17.3. The first-order valence-corrected chi connectivity index (χ1v) is 9.11. The van der Waals surface area contributed by atoms with Crippen LogP contribution in [0.1, 0.15) is 32.9 Å². The molecule has 0 radical (unpaired) electrons. The van der Waals surface area contributed by atoms with Crippen molar-refractivity contribution in [1.82, 2.24) is 25.1 Å². The summed E-state index contributed by atoms with van der Waals surface area (Å²) in [4.78, 5) is 32.5. The first-order valence-electron chi connectivity index (χ1n) is 9.11. The number of nitrogens with one attached hydrogen (secondary N) is 1. The Morgan fingerprint density at radius 2 is 2.03 bits per heavy atom. The van der Waals surface area contributed by atoms with Gasteiger partial charge in [0.15, 0.2) is 0 Å². The van der Waals surface area contributed by atoms with Gasteiger partial charge in [0.1, 0.15) is 23.5 Å². The lowest BCUT2D eigenvalue weighted by molar-refractivity contribution is -0.386. The van der Waals surface area contributed by atoms with Crippen molar-refractivity contribution >= 4 is 17.6 Å². The number of hydrogen-bond acceptors (Lipinski definition) is 9. The molecule has 162 valence electrons. The quantitative estimate of drug-likeness (QED) is 0.432. The molecule has 1 aliphatic heterocycles. The van der Waals surface area contributed by atoms with E-state index in [2.05, 4.69) is 20.4 Å². The van der Waals surface area contributed by atoms with Gasteiger partial charge in [-0.1, -0.05) is 0 Å². The second-order valence-corrected chi connectivity index (χ2v) is 7.63. The standard InChI is InChI=1S/C17H21F2N7O4/c1-17(2,3)30-15(27)11-8-24(5-4-20-11)16-21-6-10(7-22-16)25-9-12(26(28)29)13(23-25)14(18)19/h6-7,9,11,14,20H,4-5,8H2,1-3H3. The van der Waals surface area contributed by atoms with E-state index in [4.69, 9.17) is 4.74 Å². The Hall–Kier alpha value is -3.22. The topological polar surface area (TPSA) is 128 Å². The molecule has 2 aromatic heterocycles. The highest BCUT2D eigenvalue weighted by molar-refractivity contribution is 5.77. The maximum atomic E-state index is 13.0. The number of anilines is 1. The van der Waals surface area contributed by atoms with Crippen molar-refractivity contribution in [3.63, 3.8) is 0 Å². The molecule has 3 rings (SSSR count). The molecule has 0 aliphatic carbocycles. The third-order valence-electron chi connectivity index (χ3n) is 4.16. The van der Waals surface area contributed by atoms with Crippen molar-refractivity contribution < 1.29 is 23.2 Å². The van der Waals surface area contributed by atoms with E-state index in [-0.39, 0.29) is 18.2 Å². The van der Waals surface area contributed by atoms with E-state index >= 15 is 0 Å². The molecule has 1 fully saturated rings. The number of nitrogens with zero attached hydrogens (tertiary/aromatic N) is 6. The predicted molar refractivity (Wildman–Crippen MR) is 101 cm³/mol.